The van der Waals surface area contributed by atoms with E-state index in [1.54, 1.807) is 0 Å². The fraction of sp³-hybridized carbons (Fsp3) is 0.455. The summed E-state index contributed by atoms with van der Waals surface area (Å²) in [6.07, 6.45) is 0.370. The second-order valence-electron chi connectivity index (χ2n) is 3.52. The third-order valence-electron chi connectivity index (χ3n) is 2.34. The van der Waals surface area contributed by atoms with Gasteiger partial charge in [0.1, 0.15) is 0 Å². The fourth-order valence-electron chi connectivity index (χ4n) is 1.46. The molecule has 0 spiro atoms. The lowest BCUT2D eigenvalue weighted by atomic mass is 9.98. The third-order valence-corrected chi connectivity index (χ3v) is 2.34. The van der Waals surface area contributed by atoms with E-state index in [1.165, 1.54) is 12.1 Å². The summed E-state index contributed by atoms with van der Waals surface area (Å²) in [6, 6.07) is 2.92. The van der Waals surface area contributed by atoms with E-state index in [0.29, 0.717) is 6.42 Å². The first-order chi connectivity index (χ1) is 7.07. The number of halogens is 2. The number of nitrogens with two attached hydrogens (primary N) is 1. The van der Waals surface area contributed by atoms with Crippen molar-refractivity contribution in [2.24, 2.45) is 5.73 Å². The minimum Gasteiger partial charge on any atom is -0.391 e. The number of aliphatic hydroxyl groups excluding tert-OH is 1. The quantitative estimate of drug-likeness (QED) is 0.808. The molecule has 0 amide bonds. The molecule has 3 N–H and O–H groups in total. The molecule has 0 aliphatic rings. The van der Waals surface area contributed by atoms with E-state index in [-0.39, 0.29) is 5.56 Å². The SMILES string of the molecule is CCC[C@@H](O)[C@@H](N)c1cccc(F)c1F. The highest BCUT2D eigenvalue weighted by Gasteiger charge is 2.20. The molecular formula is C11H15F2NO. The molecule has 0 aliphatic heterocycles. The predicted molar refractivity (Wildman–Crippen MR) is 54.2 cm³/mol. The van der Waals surface area contributed by atoms with Crippen molar-refractivity contribution in [3.8, 4) is 0 Å². The van der Waals surface area contributed by atoms with Crippen molar-refractivity contribution in [1.29, 1.82) is 0 Å². The molecule has 4 heteroatoms. The molecule has 0 unspecified atom stereocenters. The van der Waals surface area contributed by atoms with Gasteiger partial charge in [0.15, 0.2) is 11.6 Å². The van der Waals surface area contributed by atoms with Crippen LogP contribution < -0.4 is 5.73 Å². The number of hydrogen-bond acceptors (Lipinski definition) is 2. The van der Waals surface area contributed by atoms with Crippen LogP contribution >= 0.6 is 0 Å². The molecule has 1 rings (SSSR count). The van der Waals surface area contributed by atoms with Gasteiger partial charge in [0.25, 0.3) is 0 Å². The van der Waals surface area contributed by atoms with Crippen LogP contribution in [0.5, 0.6) is 0 Å². The average Bonchev–Trinajstić information content (AvgIpc) is 2.21. The van der Waals surface area contributed by atoms with Crippen molar-refractivity contribution in [2.75, 3.05) is 0 Å². The molecule has 0 aromatic heterocycles. The average molecular weight is 215 g/mol. The molecule has 0 saturated heterocycles. The van der Waals surface area contributed by atoms with Crippen LogP contribution in [0.4, 0.5) is 8.78 Å². The second kappa shape index (κ2) is 5.19. The van der Waals surface area contributed by atoms with E-state index in [1.807, 2.05) is 6.92 Å². The monoisotopic (exact) mass is 215 g/mol. The molecule has 15 heavy (non-hydrogen) atoms. The Balaban J connectivity index is 2.90. The van der Waals surface area contributed by atoms with Crippen LogP contribution in [0.25, 0.3) is 0 Å². The van der Waals surface area contributed by atoms with E-state index < -0.39 is 23.8 Å². The maximum Gasteiger partial charge on any atom is 0.163 e. The van der Waals surface area contributed by atoms with Crippen LogP contribution in [0.1, 0.15) is 31.4 Å². The zero-order chi connectivity index (χ0) is 11.4. The summed E-state index contributed by atoms with van der Waals surface area (Å²) in [6.45, 7) is 1.89. The molecule has 1 aromatic rings. The Morgan fingerprint density at radius 1 is 1.40 bits per heavy atom. The Kier molecular flexibility index (Phi) is 4.17. The number of hydrogen-bond donors (Lipinski definition) is 2. The molecule has 0 radical (unpaired) electrons. The van der Waals surface area contributed by atoms with Gasteiger partial charge < -0.3 is 10.8 Å². The number of benzene rings is 1. The Labute approximate surface area is 87.7 Å². The highest BCUT2D eigenvalue weighted by atomic mass is 19.2. The molecule has 2 atom stereocenters. The normalized spacial score (nSPS) is 15.0. The summed E-state index contributed by atoms with van der Waals surface area (Å²) < 4.78 is 26.2. The van der Waals surface area contributed by atoms with E-state index in [4.69, 9.17) is 5.73 Å². The maximum atomic E-state index is 13.3. The van der Waals surface area contributed by atoms with Crippen LogP contribution in [-0.2, 0) is 0 Å². The summed E-state index contributed by atoms with van der Waals surface area (Å²) in [5, 5.41) is 9.57. The van der Waals surface area contributed by atoms with Crippen LogP contribution in [0.2, 0.25) is 0 Å². The van der Waals surface area contributed by atoms with Crippen LogP contribution in [0.3, 0.4) is 0 Å². The smallest absolute Gasteiger partial charge is 0.163 e. The Hall–Kier alpha value is -1.00. The van der Waals surface area contributed by atoms with Crippen LogP contribution in [0, 0.1) is 11.6 Å². The Morgan fingerprint density at radius 3 is 2.67 bits per heavy atom. The van der Waals surface area contributed by atoms with E-state index >= 15 is 0 Å². The van der Waals surface area contributed by atoms with Crippen molar-refractivity contribution < 1.29 is 13.9 Å². The van der Waals surface area contributed by atoms with Gasteiger partial charge in [0.05, 0.1) is 12.1 Å². The van der Waals surface area contributed by atoms with Gasteiger partial charge in [-0.15, -0.1) is 0 Å². The first-order valence-electron chi connectivity index (χ1n) is 4.95. The lowest BCUT2D eigenvalue weighted by molar-refractivity contribution is 0.132. The zero-order valence-corrected chi connectivity index (χ0v) is 8.58. The van der Waals surface area contributed by atoms with Crippen molar-refractivity contribution in [3.05, 3.63) is 35.4 Å². The molecule has 0 saturated carbocycles. The van der Waals surface area contributed by atoms with Gasteiger partial charge in [-0.1, -0.05) is 25.5 Å². The van der Waals surface area contributed by atoms with Gasteiger partial charge in [-0.3, -0.25) is 0 Å². The molecule has 0 heterocycles. The minimum absolute atomic E-state index is 0.0240. The largest absolute Gasteiger partial charge is 0.391 e. The summed E-state index contributed by atoms with van der Waals surface area (Å²) >= 11 is 0. The van der Waals surface area contributed by atoms with Crippen LogP contribution in [-0.4, -0.2) is 11.2 Å². The molecule has 2 nitrogen and oxygen atoms in total. The molecule has 1 aromatic carbocycles. The highest BCUT2D eigenvalue weighted by molar-refractivity contribution is 5.23. The van der Waals surface area contributed by atoms with Crippen molar-refractivity contribution in [2.45, 2.75) is 31.9 Å². The van der Waals surface area contributed by atoms with Crippen LogP contribution in [0.15, 0.2) is 18.2 Å². The molecular weight excluding hydrogens is 200 g/mol. The topological polar surface area (TPSA) is 46.2 Å². The number of rotatable bonds is 4. The van der Waals surface area contributed by atoms with Gasteiger partial charge in [-0.2, -0.15) is 0 Å². The fourth-order valence-corrected chi connectivity index (χ4v) is 1.46. The first-order valence-corrected chi connectivity index (χ1v) is 4.95. The molecule has 0 fully saturated rings. The van der Waals surface area contributed by atoms with Gasteiger partial charge in [0.2, 0.25) is 0 Å². The second-order valence-corrected chi connectivity index (χ2v) is 3.52. The van der Waals surface area contributed by atoms with Crippen molar-refractivity contribution >= 4 is 0 Å². The first kappa shape index (κ1) is 12.1. The highest BCUT2D eigenvalue weighted by Crippen LogP contribution is 2.21. The van der Waals surface area contributed by atoms with Crippen molar-refractivity contribution in [1.82, 2.24) is 0 Å². The summed E-state index contributed by atoms with van der Waals surface area (Å²) in [4.78, 5) is 0. The molecule has 0 bridgehead atoms. The van der Waals surface area contributed by atoms with Gasteiger partial charge >= 0.3 is 0 Å². The minimum atomic E-state index is -0.972. The lowest BCUT2D eigenvalue weighted by Gasteiger charge is -2.19. The standard InChI is InChI=1S/C11H15F2NO/c1-2-4-9(15)11(14)7-5-3-6-8(12)10(7)13/h3,5-6,9,11,15H,2,4,14H2,1H3/t9-,11+/m1/s1. The Morgan fingerprint density at radius 2 is 2.07 bits per heavy atom. The van der Waals surface area contributed by atoms with Crippen molar-refractivity contribution in [3.63, 3.8) is 0 Å². The van der Waals surface area contributed by atoms with Gasteiger partial charge in [-0.05, 0) is 12.5 Å². The zero-order valence-electron chi connectivity index (χ0n) is 8.58. The molecule has 0 aliphatic carbocycles. The van der Waals surface area contributed by atoms with E-state index in [2.05, 4.69) is 0 Å². The Bertz CT molecular complexity index is 330. The van der Waals surface area contributed by atoms with Gasteiger partial charge in [-0.25, -0.2) is 8.78 Å². The lowest BCUT2D eigenvalue weighted by Crippen LogP contribution is -2.27. The predicted octanol–water partition coefficient (Wildman–Crippen LogP) is 2.13. The maximum absolute atomic E-state index is 13.3. The van der Waals surface area contributed by atoms with E-state index in [9.17, 15) is 13.9 Å². The van der Waals surface area contributed by atoms with Gasteiger partial charge in [0, 0.05) is 5.56 Å². The van der Waals surface area contributed by atoms with E-state index in [0.717, 1.165) is 12.5 Å². The number of aliphatic hydroxyl groups is 1. The summed E-state index contributed by atoms with van der Waals surface area (Å²) in [5.74, 6) is -1.91. The summed E-state index contributed by atoms with van der Waals surface area (Å²) in [5.41, 5.74) is 5.66. The molecule has 84 valence electrons. The third kappa shape index (κ3) is 2.73. The summed E-state index contributed by atoms with van der Waals surface area (Å²) in [7, 11) is 0.